The van der Waals surface area contributed by atoms with Crippen LogP contribution >= 0.6 is 0 Å². The predicted molar refractivity (Wildman–Crippen MR) is 78.8 cm³/mol. The number of piperidine rings is 1. The number of aryl methyl sites for hydroxylation is 1. The van der Waals surface area contributed by atoms with Gasteiger partial charge in [-0.05, 0) is 43.4 Å². The first-order valence-corrected chi connectivity index (χ1v) is 8.66. The fraction of sp³-hybridized carbons (Fsp3) is 0.571. The average molecular weight is 300 g/mol. The Morgan fingerprint density at radius 3 is 2.85 bits per heavy atom. The van der Waals surface area contributed by atoms with Crippen molar-refractivity contribution in [2.24, 2.45) is 5.92 Å². The second-order valence-corrected chi connectivity index (χ2v) is 7.48. The van der Waals surface area contributed by atoms with Gasteiger partial charge in [-0.15, -0.1) is 0 Å². The maximum atomic E-state index is 13.7. The summed E-state index contributed by atoms with van der Waals surface area (Å²) in [6.45, 7) is 3.54. The highest BCUT2D eigenvalue weighted by Crippen LogP contribution is 2.21. The van der Waals surface area contributed by atoms with Gasteiger partial charge in [0.15, 0.2) is 0 Å². The van der Waals surface area contributed by atoms with E-state index < -0.39 is 10.0 Å². The molecule has 0 aliphatic carbocycles. The Balaban J connectivity index is 1.94. The van der Waals surface area contributed by atoms with Gasteiger partial charge in [0, 0.05) is 19.6 Å². The van der Waals surface area contributed by atoms with Crippen molar-refractivity contribution in [2.45, 2.75) is 19.8 Å². The Kier molecular flexibility index (Phi) is 4.65. The number of halogens is 1. The molecule has 1 aliphatic rings. The highest BCUT2D eigenvalue weighted by Gasteiger charge is 2.25. The second-order valence-electron chi connectivity index (χ2n) is 5.49. The number of hydrogen-bond donors (Lipinski definition) is 1. The van der Waals surface area contributed by atoms with E-state index in [0.29, 0.717) is 25.3 Å². The second kappa shape index (κ2) is 6.10. The molecule has 1 atom stereocenters. The van der Waals surface area contributed by atoms with Crippen LogP contribution in [0.2, 0.25) is 0 Å². The molecule has 1 heterocycles. The maximum absolute atomic E-state index is 13.7. The molecule has 0 bridgehead atoms. The molecule has 1 saturated heterocycles. The van der Waals surface area contributed by atoms with Crippen molar-refractivity contribution in [1.82, 2.24) is 4.31 Å². The lowest BCUT2D eigenvalue weighted by Crippen LogP contribution is -2.41. The van der Waals surface area contributed by atoms with Gasteiger partial charge >= 0.3 is 0 Å². The van der Waals surface area contributed by atoms with Crippen LogP contribution in [0.1, 0.15) is 18.4 Å². The number of benzene rings is 1. The Bertz CT molecular complexity index is 575. The Morgan fingerprint density at radius 2 is 2.20 bits per heavy atom. The van der Waals surface area contributed by atoms with Crippen LogP contribution in [0.5, 0.6) is 0 Å². The zero-order valence-electron chi connectivity index (χ0n) is 11.9. The van der Waals surface area contributed by atoms with Crippen molar-refractivity contribution in [3.05, 3.63) is 29.6 Å². The summed E-state index contributed by atoms with van der Waals surface area (Å²) in [7, 11) is -3.12. The first kappa shape index (κ1) is 15.3. The summed E-state index contributed by atoms with van der Waals surface area (Å²) in [5, 5.41) is 3.09. The van der Waals surface area contributed by atoms with Gasteiger partial charge in [0.2, 0.25) is 10.0 Å². The summed E-state index contributed by atoms with van der Waals surface area (Å²) in [5.41, 5.74) is 1.36. The van der Waals surface area contributed by atoms with Gasteiger partial charge in [-0.1, -0.05) is 6.07 Å². The first-order chi connectivity index (χ1) is 9.36. The average Bonchev–Trinajstić information content (AvgIpc) is 2.37. The first-order valence-electron chi connectivity index (χ1n) is 6.81. The van der Waals surface area contributed by atoms with Crippen molar-refractivity contribution < 1.29 is 12.8 Å². The van der Waals surface area contributed by atoms with E-state index in [1.165, 1.54) is 16.6 Å². The number of nitrogens with zero attached hydrogens (tertiary/aromatic N) is 1. The zero-order chi connectivity index (χ0) is 14.8. The van der Waals surface area contributed by atoms with E-state index in [4.69, 9.17) is 0 Å². The number of hydrogen-bond acceptors (Lipinski definition) is 3. The summed E-state index contributed by atoms with van der Waals surface area (Å²) >= 11 is 0. The molecule has 20 heavy (non-hydrogen) atoms. The lowest BCUT2D eigenvalue weighted by Gasteiger charge is -2.31. The molecule has 1 aliphatic heterocycles. The SMILES string of the molecule is Cc1ccc(NCC2CCCN(S(C)(=O)=O)C2)c(F)c1. The number of anilines is 1. The molecule has 1 aromatic carbocycles. The number of rotatable bonds is 4. The van der Waals surface area contributed by atoms with Crippen LogP contribution in [0.3, 0.4) is 0 Å². The van der Waals surface area contributed by atoms with Gasteiger partial charge in [-0.2, -0.15) is 0 Å². The minimum absolute atomic E-state index is 0.221. The van der Waals surface area contributed by atoms with E-state index in [0.717, 1.165) is 18.4 Å². The third kappa shape index (κ3) is 3.93. The third-order valence-corrected chi connectivity index (χ3v) is 4.93. The van der Waals surface area contributed by atoms with E-state index >= 15 is 0 Å². The molecule has 1 unspecified atom stereocenters. The molecule has 0 amide bonds. The molecule has 0 radical (unpaired) electrons. The Labute approximate surface area is 120 Å². The van der Waals surface area contributed by atoms with E-state index in [1.807, 2.05) is 13.0 Å². The molecule has 2 rings (SSSR count). The molecule has 0 spiro atoms. The van der Waals surface area contributed by atoms with Crippen LogP contribution in [0, 0.1) is 18.7 Å². The molecule has 6 heteroatoms. The van der Waals surface area contributed by atoms with Crippen LogP contribution in [0.15, 0.2) is 18.2 Å². The molecule has 0 aromatic heterocycles. The van der Waals surface area contributed by atoms with Gasteiger partial charge in [-0.3, -0.25) is 0 Å². The van der Waals surface area contributed by atoms with Gasteiger partial charge in [-0.25, -0.2) is 17.1 Å². The monoisotopic (exact) mass is 300 g/mol. The summed E-state index contributed by atoms with van der Waals surface area (Å²) in [5.74, 6) is -0.0417. The largest absolute Gasteiger partial charge is 0.382 e. The van der Waals surface area contributed by atoms with E-state index in [9.17, 15) is 12.8 Å². The number of nitrogens with one attached hydrogen (secondary N) is 1. The summed E-state index contributed by atoms with van der Waals surface area (Å²) in [4.78, 5) is 0. The van der Waals surface area contributed by atoms with E-state index in [-0.39, 0.29) is 11.7 Å². The predicted octanol–water partition coefficient (Wildman–Crippen LogP) is 2.22. The summed E-state index contributed by atoms with van der Waals surface area (Å²) in [6.07, 6.45) is 3.06. The summed E-state index contributed by atoms with van der Waals surface area (Å²) < 4.78 is 38.3. The fourth-order valence-corrected chi connectivity index (χ4v) is 3.45. The molecular weight excluding hydrogens is 279 g/mol. The smallest absolute Gasteiger partial charge is 0.211 e. The zero-order valence-corrected chi connectivity index (χ0v) is 12.7. The van der Waals surface area contributed by atoms with Crippen molar-refractivity contribution in [3.63, 3.8) is 0 Å². The highest BCUT2D eigenvalue weighted by molar-refractivity contribution is 7.88. The molecule has 4 nitrogen and oxygen atoms in total. The van der Waals surface area contributed by atoms with E-state index in [2.05, 4.69) is 5.32 Å². The van der Waals surface area contributed by atoms with Gasteiger partial charge in [0.05, 0.1) is 11.9 Å². The topological polar surface area (TPSA) is 49.4 Å². The van der Waals surface area contributed by atoms with Gasteiger partial charge in [0.25, 0.3) is 0 Å². The van der Waals surface area contributed by atoms with Crippen LogP contribution in [0.4, 0.5) is 10.1 Å². The molecule has 1 aromatic rings. The van der Waals surface area contributed by atoms with E-state index in [1.54, 1.807) is 6.07 Å². The fourth-order valence-electron chi connectivity index (χ4n) is 2.51. The van der Waals surface area contributed by atoms with Crippen LogP contribution in [0.25, 0.3) is 0 Å². The lowest BCUT2D eigenvalue weighted by molar-refractivity contribution is 0.276. The molecule has 0 saturated carbocycles. The van der Waals surface area contributed by atoms with Gasteiger partial charge < -0.3 is 5.32 Å². The third-order valence-electron chi connectivity index (χ3n) is 3.66. The maximum Gasteiger partial charge on any atom is 0.211 e. The van der Waals surface area contributed by atoms with Crippen LogP contribution in [-0.2, 0) is 10.0 Å². The quantitative estimate of drug-likeness (QED) is 0.927. The minimum atomic E-state index is -3.12. The lowest BCUT2D eigenvalue weighted by atomic mass is 9.99. The van der Waals surface area contributed by atoms with Crippen molar-refractivity contribution >= 4 is 15.7 Å². The number of sulfonamides is 1. The Morgan fingerprint density at radius 1 is 1.45 bits per heavy atom. The highest BCUT2D eigenvalue weighted by atomic mass is 32.2. The van der Waals surface area contributed by atoms with Crippen molar-refractivity contribution in [3.8, 4) is 0 Å². The van der Waals surface area contributed by atoms with Crippen LogP contribution in [-0.4, -0.2) is 38.6 Å². The van der Waals surface area contributed by atoms with Crippen molar-refractivity contribution in [1.29, 1.82) is 0 Å². The van der Waals surface area contributed by atoms with Crippen molar-refractivity contribution in [2.75, 3.05) is 31.2 Å². The normalized spacial score (nSPS) is 20.9. The molecular formula is C14H21FN2O2S. The van der Waals surface area contributed by atoms with Crippen LogP contribution < -0.4 is 5.32 Å². The minimum Gasteiger partial charge on any atom is -0.382 e. The van der Waals surface area contributed by atoms with Gasteiger partial charge in [0.1, 0.15) is 5.82 Å². The standard InChI is InChI=1S/C14H21FN2O2S/c1-11-5-6-14(13(15)8-11)16-9-12-4-3-7-17(10-12)20(2,18)19/h5-6,8,12,16H,3-4,7,9-10H2,1-2H3. The molecule has 1 N–H and O–H groups in total. The molecule has 1 fully saturated rings. The Hall–Kier alpha value is -1.14. The summed E-state index contributed by atoms with van der Waals surface area (Å²) in [6, 6.07) is 5.07. The molecule has 112 valence electrons.